The van der Waals surface area contributed by atoms with Crippen molar-refractivity contribution in [2.75, 3.05) is 59.5 Å². The van der Waals surface area contributed by atoms with E-state index in [9.17, 15) is 5.11 Å². The average molecular weight is 312 g/mol. The molecule has 0 spiro atoms. The molecule has 22 heavy (non-hydrogen) atoms. The smallest absolute Gasteiger partial charge is 0.194 e. The SMILES string of the molecule is CCNC(=NCC1CCN(CCOC)CC1)N1CC[C@@H](O)C1. The van der Waals surface area contributed by atoms with Gasteiger partial charge in [0.1, 0.15) is 0 Å². The van der Waals surface area contributed by atoms with Gasteiger partial charge < -0.3 is 25.0 Å². The van der Waals surface area contributed by atoms with Gasteiger partial charge in [-0.2, -0.15) is 0 Å². The zero-order valence-electron chi connectivity index (χ0n) is 14.1. The molecule has 0 aromatic rings. The molecule has 0 aliphatic carbocycles. The summed E-state index contributed by atoms with van der Waals surface area (Å²) in [5.74, 6) is 1.65. The lowest BCUT2D eigenvalue weighted by molar-refractivity contribution is 0.121. The van der Waals surface area contributed by atoms with Crippen LogP contribution in [0.4, 0.5) is 0 Å². The Morgan fingerprint density at radius 1 is 1.27 bits per heavy atom. The van der Waals surface area contributed by atoms with Crippen molar-refractivity contribution < 1.29 is 9.84 Å². The van der Waals surface area contributed by atoms with Gasteiger partial charge in [0.05, 0.1) is 12.7 Å². The molecule has 0 unspecified atom stereocenters. The molecule has 0 bridgehead atoms. The van der Waals surface area contributed by atoms with Crippen molar-refractivity contribution in [2.45, 2.75) is 32.3 Å². The van der Waals surface area contributed by atoms with Gasteiger partial charge >= 0.3 is 0 Å². The van der Waals surface area contributed by atoms with Crippen LogP contribution in [0.1, 0.15) is 26.2 Å². The fourth-order valence-electron chi connectivity index (χ4n) is 3.19. The highest BCUT2D eigenvalue weighted by Crippen LogP contribution is 2.18. The van der Waals surface area contributed by atoms with Crippen LogP contribution in [0.25, 0.3) is 0 Å². The van der Waals surface area contributed by atoms with Gasteiger partial charge in [0, 0.05) is 39.8 Å². The molecule has 6 nitrogen and oxygen atoms in total. The average Bonchev–Trinajstić information content (AvgIpc) is 2.97. The van der Waals surface area contributed by atoms with E-state index in [-0.39, 0.29) is 6.10 Å². The molecule has 2 aliphatic heterocycles. The van der Waals surface area contributed by atoms with Crippen molar-refractivity contribution in [3.05, 3.63) is 0 Å². The van der Waals surface area contributed by atoms with E-state index in [4.69, 9.17) is 9.73 Å². The summed E-state index contributed by atoms with van der Waals surface area (Å²) in [4.78, 5) is 9.48. The maximum absolute atomic E-state index is 9.69. The molecule has 2 saturated heterocycles. The van der Waals surface area contributed by atoms with Crippen molar-refractivity contribution in [3.8, 4) is 0 Å². The molecular weight excluding hydrogens is 280 g/mol. The zero-order valence-corrected chi connectivity index (χ0v) is 14.1. The number of guanidine groups is 1. The van der Waals surface area contributed by atoms with E-state index in [1.54, 1.807) is 7.11 Å². The van der Waals surface area contributed by atoms with Gasteiger partial charge in [-0.25, -0.2) is 0 Å². The molecule has 2 rings (SSSR count). The third kappa shape index (κ3) is 5.41. The lowest BCUT2D eigenvalue weighted by Gasteiger charge is -2.31. The molecule has 2 heterocycles. The zero-order chi connectivity index (χ0) is 15.8. The number of rotatable bonds is 6. The molecule has 6 heteroatoms. The minimum Gasteiger partial charge on any atom is -0.391 e. The van der Waals surface area contributed by atoms with Crippen LogP contribution in [0.15, 0.2) is 4.99 Å². The van der Waals surface area contributed by atoms with Gasteiger partial charge in [-0.15, -0.1) is 0 Å². The second kappa shape index (κ2) is 9.33. The van der Waals surface area contributed by atoms with Crippen LogP contribution in [0.2, 0.25) is 0 Å². The Morgan fingerprint density at radius 2 is 2.05 bits per heavy atom. The summed E-state index contributed by atoms with van der Waals surface area (Å²) in [5.41, 5.74) is 0. The third-order valence-corrected chi connectivity index (χ3v) is 4.62. The fourth-order valence-corrected chi connectivity index (χ4v) is 3.19. The number of hydrogen-bond donors (Lipinski definition) is 2. The van der Waals surface area contributed by atoms with Gasteiger partial charge in [0.15, 0.2) is 5.96 Å². The number of aliphatic hydroxyl groups is 1. The highest BCUT2D eigenvalue weighted by molar-refractivity contribution is 5.80. The van der Waals surface area contributed by atoms with Crippen molar-refractivity contribution in [3.63, 3.8) is 0 Å². The van der Waals surface area contributed by atoms with Crippen LogP contribution in [-0.2, 0) is 4.74 Å². The van der Waals surface area contributed by atoms with Crippen molar-refractivity contribution in [1.82, 2.24) is 15.1 Å². The number of β-amino-alcohol motifs (C(OH)–C–C–N with tert-alkyl or cyclic N) is 1. The highest BCUT2D eigenvalue weighted by atomic mass is 16.5. The molecule has 2 aliphatic rings. The lowest BCUT2D eigenvalue weighted by Crippen LogP contribution is -2.41. The third-order valence-electron chi connectivity index (χ3n) is 4.62. The number of piperidine rings is 1. The Balaban J connectivity index is 1.76. The number of nitrogens with one attached hydrogen (secondary N) is 1. The maximum atomic E-state index is 9.69. The number of methoxy groups -OCH3 is 1. The molecule has 0 aromatic carbocycles. The molecule has 128 valence electrons. The second-order valence-electron chi connectivity index (χ2n) is 6.36. The maximum Gasteiger partial charge on any atom is 0.194 e. The number of nitrogens with zero attached hydrogens (tertiary/aromatic N) is 3. The van der Waals surface area contributed by atoms with E-state index in [0.29, 0.717) is 12.5 Å². The summed E-state index contributed by atoms with van der Waals surface area (Å²) in [5, 5.41) is 13.1. The van der Waals surface area contributed by atoms with Crippen molar-refractivity contribution in [2.24, 2.45) is 10.9 Å². The Hall–Kier alpha value is -0.850. The minimum atomic E-state index is -0.201. The predicted octanol–water partition coefficient (Wildman–Crippen LogP) is 0.377. The highest BCUT2D eigenvalue weighted by Gasteiger charge is 2.24. The van der Waals surface area contributed by atoms with E-state index in [1.807, 2.05) is 0 Å². The fraction of sp³-hybridized carbons (Fsp3) is 0.938. The van der Waals surface area contributed by atoms with Gasteiger partial charge in [-0.05, 0) is 45.2 Å². The van der Waals surface area contributed by atoms with E-state index >= 15 is 0 Å². The molecule has 1 atom stereocenters. The topological polar surface area (TPSA) is 60.3 Å². The Labute approximate surface area is 134 Å². The first-order valence-electron chi connectivity index (χ1n) is 8.65. The first-order valence-corrected chi connectivity index (χ1v) is 8.65. The van der Waals surface area contributed by atoms with E-state index in [1.165, 1.54) is 12.8 Å². The Morgan fingerprint density at radius 3 is 2.64 bits per heavy atom. The molecule has 0 radical (unpaired) electrons. The summed E-state index contributed by atoms with van der Waals surface area (Å²) in [7, 11) is 1.76. The first-order chi connectivity index (χ1) is 10.7. The van der Waals surface area contributed by atoms with Gasteiger partial charge in [-0.1, -0.05) is 0 Å². The quantitative estimate of drug-likeness (QED) is 0.548. The number of likely N-dealkylation sites (tertiary alicyclic amines) is 2. The second-order valence-corrected chi connectivity index (χ2v) is 6.36. The predicted molar refractivity (Wildman–Crippen MR) is 89.2 cm³/mol. The molecule has 2 fully saturated rings. The number of ether oxygens (including phenoxy) is 1. The number of aliphatic imine (C=N–C) groups is 1. The van der Waals surface area contributed by atoms with Gasteiger partial charge in [0.2, 0.25) is 0 Å². The van der Waals surface area contributed by atoms with E-state index in [0.717, 1.165) is 58.3 Å². The van der Waals surface area contributed by atoms with Crippen LogP contribution < -0.4 is 5.32 Å². The van der Waals surface area contributed by atoms with Crippen LogP contribution in [0.5, 0.6) is 0 Å². The standard InChI is InChI=1S/C16H32N4O2/c1-3-17-16(20-9-6-15(21)13-20)18-12-14-4-7-19(8-5-14)10-11-22-2/h14-15,21H,3-13H2,1-2H3,(H,17,18)/t15-/m1/s1. The summed E-state index contributed by atoms with van der Waals surface area (Å²) in [6.45, 7) is 9.66. The number of hydrogen-bond acceptors (Lipinski definition) is 4. The lowest BCUT2D eigenvalue weighted by atomic mass is 9.97. The molecule has 2 N–H and O–H groups in total. The summed E-state index contributed by atoms with van der Waals surface area (Å²) in [6.07, 6.45) is 3.08. The first kappa shape index (κ1) is 17.5. The van der Waals surface area contributed by atoms with Gasteiger partial charge in [0.25, 0.3) is 0 Å². The Bertz CT molecular complexity index is 343. The van der Waals surface area contributed by atoms with E-state index < -0.39 is 0 Å². The summed E-state index contributed by atoms with van der Waals surface area (Å²) >= 11 is 0. The van der Waals surface area contributed by atoms with Gasteiger partial charge in [-0.3, -0.25) is 4.99 Å². The summed E-state index contributed by atoms with van der Waals surface area (Å²) in [6, 6.07) is 0. The monoisotopic (exact) mass is 312 g/mol. The van der Waals surface area contributed by atoms with Crippen LogP contribution >= 0.6 is 0 Å². The Kier molecular flexibility index (Phi) is 7.42. The molecule has 0 aromatic heterocycles. The molecular formula is C16H32N4O2. The van der Waals surface area contributed by atoms with Crippen LogP contribution in [0.3, 0.4) is 0 Å². The normalized spacial score (nSPS) is 25.0. The van der Waals surface area contributed by atoms with Crippen LogP contribution in [0, 0.1) is 5.92 Å². The summed E-state index contributed by atoms with van der Waals surface area (Å²) < 4.78 is 5.15. The molecule has 0 saturated carbocycles. The number of aliphatic hydroxyl groups excluding tert-OH is 1. The molecule has 0 amide bonds. The minimum absolute atomic E-state index is 0.201. The van der Waals surface area contributed by atoms with Crippen molar-refractivity contribution in [1.29, 1.82) is 0 Å². The van der Waals surface area contributed by atoms with E-state index in [2.05, 4.69) is 22.0 Å². The largest absolute Gasteiger partial charge is 0.391 e. The van der Waals surface area contributed by atoms with Crippen molar-refractivity contribution >= 4 is 5.96 Å². The van der Waals surface area contributed by atoms with Crippen LogP contribution in [-0.4, -0.2) is 86.5 Å².